The zero-order valence-corrected chi connectivity index (χ0v) is 13.9. The van der Waals surface area contributed by atoms with Crippen molar-refractivity contribution < 1.29 is 0 Å². The number of hydrogen-bond acceptors (Lipinski definition) is 3. The molecule has 0 radical (unpaired) electrons. The van der Waals surface area contributed by atoms with Crippen molar-refractivity contribution in [3.05, 3.63) is 0 Å². The summed E-state index contributed by atoms with van der Waals surface area (Å²) < 4.78 is 0. The average Bonchev–Trinajstić information content (AvgIpc) is 2.75. The largest absolute Gasteiger partial charge is 0.329 e. The Morgan fingerprint density at radius 1 is 1.20 bits per heavy atom. The fourth-order valence-electron chi connectivity index (χ4n) is 4.22. The van der Waals surface area contributed by atoms with Gasteiger partial charge in [-0.25, -0.2) is 0 Å². The monoisotopic (exact) mass is 281 g/mol. The van der Waals surface area contributed by atoms with E-state index in [0.29, 0.717) is 6.04 Å². The first-order valence-electron chi connectivity index (χ1n) is 8.80. The highest BCUT2D eigenvalue weighted by atomic mass is 15.3. The van der Waals surface area contributed by atoms with Gasteiger partial charge in [-0.3, -0.25) is 9.80 Å². The molecule has 2 saturated heterocycles. The van der Waals surface area contributed by atoms with Crippen LogP contribution in [0.5, 0.6) is 0 Å². The Morgan fingerprint density at radius 2 is 2.00 bits per heavy atom. The minimum atomic E-state index is 0.269. The predicted molar refractivity (Wildman–Crippen MR) is 86.9 cm³/mol. The summed E-state index contributed by atoms with van der Waals surface area (Å²) in [7, 11) is 0. The summed E-state index contributed by atoms with van der Waals surface area (Å²) >= 11 is 0. The summed E-state index contributed by atoms with van der Waals surface area (Å²) in [5.41, 5.74) is 6.51. The number of nitrogens with zero attached hydrogens (tertiary/aromatic N) is 2. The third-order valence-electron chi connectivity index (χ3n) is 5.69. The fourth-order valence-corrected chi connectivity index (χ4v) is 4.22. The van der Waals surface area contributed by atoms with Crippen LogP contribution in [0, 0.1) is 5.92 Å². The van der Waals surface area contributed by atoms with Crippen LogP contribution in [0.15, 0.2) is 0 Å². The lowest BCUT2D eigenvalue weighted by Crippen LogP contribution is -2.56. The van der Waals surface area contributed by atoms with Crippen molar-refractivity contribution in [2.75, 3.05) is 32.7 Å². The Hall–Kier alpha value is -0.120. The lowest BCUT2D eigenvalue weighted by atomic mass is 9.94. The van der Waals surface area contributed by atoms with Gasteiger partial charge in [-0.2, -0.15) is 0 Å². The second kappa shape index (κ2) is 7.24. The maximum absolute atomic E-state index is 6.24. The molecule has 2 unspecified atom stereocenters. The Morgan fingerprint density at radius 3 is 2.60 bits per heavy atom. The Kier molecular flexibility index (Phi) is 5.88. The molecule has 20 heavy (non-hydrogen) atoms. The number of nitrogens with two attached hydrogens (primary N) is 1. The van der Waals surface area contributed by atoms with E-state index in [0.717, 1.165) is 12.5 Å². The van der Waals surface area contributed by atoms with E-state index < -0.39 is 0 Å². The SMILES string of the molecule is CCCC1CCCN(C2(CN)CCN(C(C)C)C2)CC1. The molecule has 2 fully saturated rings. The predicted octanol–water partition coefficient (Wildman–Crippen LogP) is 2.70. The van der Waals surface area contributed by atoms with Gasteiger partial charge in [-0.15, -0.1) is 0 Å². The minimum Gasteiger partial charge on any atom is -0.329 e. The van der Waals surface area contributed by atoms with E-state index >= 15 is 0 Å². The minimum absolute atomic E-state index is 0.269. The van der Waals surface area contributed by atoms with E-state index in [-0.39, 0.29) is 5.54 Å². The van der Waals surface area contributed by atoms with Crippen molar-refractivity contribution in [3.63, 3.8) is 0 Å². The van der Waals surface area contributed by atoms with Gasteiger partial charge in [0.15, 0.2) is 0 Å². The molecular weight excluding hydrogens is 246 g/mol. The average molecular weight is 281 g/mol. The highest BCUT2D eigenvalue weighted by molar-refractivity contribution is 5.01. The van der Waals surface area contributed by atoms with Gasteiger partial charge in [0.25, 0.3) is 0 Å². The van der Waals surface area contributed by atoms with Crippen LogP contribution in [0.3, 0.4) is 0 Å². The van der Waals surface area contributed by atoms with Crippen molar-refractivity contribution in [1.82, 2.24) is 9.80 Å². The first kappa shape index (κ1) is 16.3. The van der Waals surface area contributed by atoms with Gasteiger partial charge in [0, 0.05) is 31.2 Å². The van der Waals surface area contributed by atoms with E-state index in [2.05, 4.69) is 30.6 Å². The van der Waals surface area contributed by atoms with E-state index in [1.54, 1.807) is 0 Å². The maximum atomic E-state index is 6.24. The molecule has 0 amide bonds. The molecule has 0 saturated carbocycles. The molecule has 2 atom stereocenters. The normalized spacial score (nSPS) is 33.8. The summed E-state index contributed by atoms with van der Waals surface area (Å²) in [6, 6.07) is 0.656. The van der Waals surface area contributed by atoms with E-state index in [1.807, 2.05) is 0 Å². The van der Waals surface area contributed by atoms with Crippen molar-refractivity contribution in [3.8, 4) is 0 Å². The number of hydrogen-bond donors (Lipinski definition) is 1. The molecule has 3 heteroatoms. The highest BCUT2D eigenvalue weighted by Gasteiger charge is 2.42. The van der Waals surface area contributed by atoms with E-state index in [4.69, 9.17) is 5.73 Å². The number of rotatable bonds is 5. The van der Waals surface area contributed by atoms with E-state index in [1.165, 1.54) is 64.7 Å². The van der Waals surface area contributed by atoms with Crippen LogP contribution in [0.4, 0.5) is 0 Å². The van der Waals surface area contributed by atoms with Crippen LogP contribution in [0.1, 0.15) is 59.3 Å². The van der Waals surface area contributed by atoms with Gasteiger partial charge >= 0.3 is 0 Å². The van der Waals surface area contributed by atoms with Gasteiger partial charge < -0.3 is 5.73 Å². The lowest BCUT2D eigenvalue weighted by molar-refractivity contribution is 0.0964. The standard InChI is InChI=1S/C17H35N3/c1-4-6-16-7-5-10-20(11-8-16)17(13-18)9-12-19(14-17)15(2)3/h15-16H,4-14,18H2,1-3H3. The zero-order chi connectivity index (χ0) is 14.6. The van der Waals surface area contributed by atoms with Crippen molar-refractivity contribution in [1.29, 1.82) is 0 Å². The second-order valence-electron chi connectivity index (χ2n) is 7.32. The third-order valence-corrected chi connectivity index (χ3v) is 5.69. The molecule has 2 N–H and O–H groups in total. The zero-order valence-electron chi connectivity index (χ0n) is 13.9. The Bertz CT molecular complexity index is 292. The van der Waals surface area contributed by atoms with Gasteiger partial charge in [-0.05, 0) is 58.5 Å². The first-order valence-corrected chi connectivity index (χ1v) is 8.80. The third kappa shape index (κ3) is 3.55. The molecule has 2 heterocycles. The molecule has 0 aromatic rings. The maximum Gasteiger partial charge on any atom is 0.0470 e. The fraction of sp³-hybridized carbons (Fsp3) is 1.00. The van der Waals surface area contributed by atoms with Crippen LogP contribution >= 0.6 is 0 Å². The van der Waals surface area contributed by atoms with Gasteiger partial charge in [0.1, 0.15) is 0 Å². The second-order valence-corrected chi connectivity index (χ2v) is 7.32. The summed E-state index contributed by atoms with van der Waals surface area (Å²) in [6.07, 6.45) is 8.21. The first-order chi connectivity index (χ1) is 9.61. The van der Waals surface area contributed by atoms with Crippen LogP contribution in [-0.2, 0) is 0 Å². The summed E-state index contributed by atoms with van der Waals surface area (Å²) in [5, 5.41) is 0. The molecule has 0 aromatic heterocycles. The summed E-state index contributed by atoms with van der Waals surface area (Å²) in [4.78, 5) is 5.37. The van der Waals surface area contributed by atoms with Crippen molar-refractivity contribution in [2.24, 2.45) is 11.7 Å². The molecule has 0 spiro atoms. The highest BCUT2D eigenvalue weighted by Crippen LogP contribution is 2.32. The molecule has 118 valence electrons. The van der Waals surface area contributed by atoms with Gasteiger partial charge in [0.05, 0.1) is 0 Å². The number of likely N-dealkylation sites (tertiary alicyclic amines) is 2. The molecule has 2 aliphatic rings. The summed E-state index contributed by atoms with van der Waals surface area (Å²) in [6.45, 7) is 12.7. The lowest BCUT2D eigenvalue weighted by Gasteiger charge is -2.40. The van der Waals surface area contributed by atoms with Crippen molar-refractivity contribution in [2.45, 2.75) is 70.9 Å². The molecular formula is C17H35N3. The summed E-state index contributed by atoms with van der Waals surface area (Å²) in [5.74, 6) is 0.961. The van der Waals surface area contributed by atoms with Crippen LogP contribution in [-0.4, -0.2) is 54.1 Å². The molecule has 0 aliphatic carbocycles. The Balaban J connectivity index is 1.98. The van der Waals surface area contributed by atoms with Crippen LogP contribution in [0.2, 0.25) is 0 Å². The van der Waals surface area contributed by atoms with E-state index in [9.17, 15) is 0 Å². The Labute approximate surface area is 125 Å². The van der Waals surface area contributed by atoms with Crippen LogP contribution in [0.25, 0.3) is 0 Å². The van der Waals surface area contributed by atoms with Crippen molar-refractivity contribution >= 4 is 0 Å². The quantitative estimate of drug-likeness (QED) is 0.841. The molecule has 2 aliphatic heterocycles. The topological polar surface area (TPSA) is 32.5 Å². The molecule has 0 bridgehead atoms. The smallest absolute Gasteiger partial charge is 0.0470 e. The van der Waals surface area contributed by atoms with Gasteiger partial charge in [0.2, 0.25) is 0 Å². The van der Waals surface area contributed by atoms with Gasteiger partial charge in [-0.1, -0.05) is 19.8 Å². The molecule has 2 rings (SSSR count). The molecule has 0 aromatic carbocycles. The molecule has 3 nitrogen and oxygen atoms in total. The van der Waals surface area contributed by atoms with Crippen LogP contribution < -0.4 is 5.73 Å².